The molecule has 4 nitrogen and oxygen atoms in total. The van der Waals surface area contributed by atoms with Gasteiger partial charge in [0, 0.05) is 28.0 Å². The molecule has 0 unspecified atom stereocenters. The second-order valence-electron chi connectivity index (χ2n) is 5.80. The van der Waals surface area contributed by atoms with E-state index in [9.17, 15) is 9.59 Å². The molecule has 1 aromatic heterocycles. The topological polar surface area (TPSA) is 56.5 Å². The van der Waals surface area contributed by atoms with Gasteiger partial charge in [0.2, 0.25) is 0 Å². The second-order valence-corrected chi connectivity index (χ2v) is 6.68. The fourth-order valence-electron chi connectivity index (χ4n) is 2.53. The van der Waals surface area contributed by atoms with Crippen LogP contribution in [0.3, 0.4) is 0 Å². The predicted octanol–water partition coefficient (Wildman–Crippen LogP) is 4.58. The van der Waals surface area contributed by atoms with Gasteiger partial charge in [0.1, 0.15) is 12.2 Å². The lowest BCUT2D eigenvalue weighted by Crippen LogP contribution is -2.05. The number of carbonyl (C=O) groups is 1. The monoisotopic (exact) mass is 366 g/mol. The van der Waals surface area contributed by atoms with E-state index in [0.717, 1.165) is 21.4 Å². The number of ether oxygens (including phenoxy) is 1. The summed E-state index contributed by atoms with van der Waals surface area (Å²) in [5.74, 6) is -0.465. The summed E-state index contributed by atoms with van der Waals surface area (Å²) in [7, 11) is 0. The quantitative estimate of drug-likeness (QED) is 0.286. The second kappa shape index (κ2) is 8.06. The molecule has 0 N–H and O–H groups in total. The predicted molar refractivity (Wildman–Crippen MR) is 104 cm³/mol. The minimum Gasteiger partial charge on any atom is -0.458 e. The number of fused-ring (bicyclic) bond motifs is 1. The number of thioether (sulfide) groups is 1. The molecule has 26 heavy (non-hydrogen) atoms. The first kappa shape index (κ1) is 18.0. The molecule has 0 amide bonds. The van der Waals surface area contributed by atoms with Crippen molar-refractivity contribution in [2.75, 3.05) is 6.26 Å². The van der Waals surface area contributed by atoms with Gasteiger partial charge in [-0.15, -0.1) is 11.8 Å². The van der Waals surface area contributed by atoms with E-state index in [1.807, 2.05) is 49.6 Å². The van der Waals surface area contributed by atoms with Gasteiger partial charge in [-0.1, -0.05) is 24.3 Å². The van der Waals surface area contributed by atoms with Crippen molar-refractivity contribution in [2.45, 2.75) is 18.4 Å². The molecule has 132 valence electrons. The van der Waals surface area contributed by atoms with Crippen molar-refractivity contribution >= 4 is 34.8 Å². The lowest BCUT2D eigenvalue weighted by molar-refractivity contribution is -0.138. The molecule has 0 aliphatic carbocycles. The number of benzene rings is 2. The number of esters is 1. The van der Waals surface area contributed by atoms with Gasteiger partial charge in [0.15, 0.2) is 0 Å². The van der Waals surface area contributed by atoms with E-state index in [-0.39, 0.29) is 6.61 Å². The van der Waals surface area contributed by atoms with Crippen molar-refractivity contribution in [1.82, 2.24) is 0 Å². The lowest BCUT2D eigenvalue weighted by atomic mass is 10.1. The molecule has 0 radical (unpaired) electrons. The lowest BCUT2D eigenvalue weighted by Gasteiger charge is -2.06. The van der Waals surface area contributed by atoms with E-state index in [4.69, 9.17) is 9.15 Å². The third-order valence-corrected chi connectivity index (χ3v) is 4.63. The third kappa shape index (κ3) is 4.43. The van der Waals surface area contributed by atoms with Crippen LogP contribution in [-0.2, 0) is 16.1 Å². The molecule has 0 fully saturated rings. The molecule has 1 heterocycles. The van der Waals surface area contributed by atoms with Crippen molar-refractivity contribution in [1.29, 1.82) is 0 Å². The maximum atomic E-state index is 12.0. The Morgan fingerprint density at radius 3 is 2.65 bits per heavy atom. The molecule has 0 saturated carbocycles. The van der Waals surface area contributed by atoms with Crippen LogP contribution in [0.5, 0.6) is 0 Å². The fraction of sp³-hybridized carbons (Fsp3) is 0.143. The number of hydrogen-bond acceptors (Lipinski definition) is 5. The van der Waals surface area contributed by atoms with Gasteiger partial charge in [0.25, 0.3) is 0 Å². The average molecular weight is 366 g/mol. The molecule has 0 bridgehead atoms. The zero-order chi connectivity index (χ0) is 18.5. The van der Waals surface area contributed by atoms with E-state index >= 15 is 0 Å². The number of hydrogen-bond donors (Lipinski definition) is 0. The summed E-state index contributed by atoms with van der Waals surface area (Å²) in [4.78, 5) is 24.8. The fourth-order valence-corrected chi connectivity index (χ4v) is 2.94. The molecule has 2 aromatic carbocycles. The molecular formula is C21H18O4S. The maximum absolute atomic E-state index is 12.0. The Kier molecular flexibility index (Phi) is 5.58. The van der Waals surface area contributed by atoms with Crippen LogP contribution in [0.2, 0.25) is 0 Å². The van der Waals surface area contributed by atoms with Gasteiger partial charge in [0.05, 0.1) is 0 Å². The smallest absolute Gasteiger partial charge is 0.336 e. The van der Waals surface area contributed by atoms with Crippen LogP contribution in [0.1, 0.15) is 16.7 Å². The standard InChI is InChI=1S/C21H18O4S/c1-14-3-9-18-16(12-21(23)25-19(18)11-14)13-24-20(22)10-6-15-4-7-17(26-2)8-5-15/h3-12H,13H2,1-2H3/b10-6+. The van der Waals surface area contributed by atoms with Gasteiger partial charge >= 0.3 is 11.6 Å². The van der Waals surface area contributed by atoms with E-state index < -0.39 is 11.6 Å². The van der Waals surface area contributed by atoms with Crippen LogP contribution < -0.4 is 5.63 Å². The van der Waals surface area contributed by atoms with Gasteiger partial charge in [-0.3, -0.25) is 0 Å². The minimum atomic E-state index is -0.465. The molecule has 3 aromatic rings. The average Bonchev–Trinajstić information content (AvgIpc) is 2.64. The van der Waals surface area contributed by atoms with Crippen LogP contribution in [0.25, 0.3) is 17.0 Å². The van der Waals surface area contributed by atoms with Crippen molar-refractivity contribution < 1.29 is 13.9 Å². The molecule has 0 atom stereocenters. The van der Waals surface area contributed by atoms with Crippen molar-refractivity contribution in [3.63, 3.8) is 0 Å². The molecule has 0 spiro atoms. The Morgan fingerprint density at radius 2 is 1.92 bits per heavy atom. The first-order valence-electron chi connectivity index (χ1n) is 8.07. The Morgan fingerprint density at radius 1 is 1.15 bits per heavy atom. The zero-order valence-corrected chi connectivity index (χ0v) is 15.3. The van der Waals surface area contributed by atoms with Crippen molar-refractivity contribution in [2.24, 2.45) is 0 Å². The zero-order valence-electron chi connectivity index (χ0n) is 14.5. The highest BCUT2D eigenvalue weighted by molar-refractivity contribution is 7.98. The van der Waals surface area contributed by atoms with Gasteiger partial charge in [-0.25, -0.2) is 9.59 Å². The molecule has 0 aliphatic heterocycles. The summed E-state index contributed by atoms with van der Waals surface area (Å²) in [5, 5.41) is 0.764. The van der Waals surface area contributed by atoms with Crippen LogP contribution in [0.4, 0.5) is 0 Å². The SMILES string of the molecule is CSc1ccc(/C=C/C(=O)OCc2cc(=O)oc3cc(C)ccc23)cc1. The van der Waals surface area contributed by atoms with Gasteiger partial charge in [-0.05, 0) is 48.6 Å². The highest BCUT2D eigenvalue weighted by Gasteiger charge is 2.08. The van der Waals surface area contributed by atoms with Crippen LogP contribution >= 0.6 is 11.8 Å². The summed E-state index contributed by atoms with van der Waals surface area (Å²) in [6, 6.07) is 14.8. The van der Waals surface area contributed by atoms with Gasteiger partial charge in [-0.2, -0.15) is 0 Å². The summed E-state index contributed by atoms with van der Waals surface area (Å²) in [5.41, 5.74) is 2.57. The summed E-state index contributed by atoms with van der Waals surface area (Å²) in [6.07, 6.45) is 5.09. The molecule has 5 heteroatoms. The minimum absolute atomic E-state index is 0.0136. The molecule has 3 rings (SSSR count). The van der Waals surface area contributed by atoms with Crippen molar-refractivity contribution in [3.8, 4) is 0 Å². The summed E-state index contributed by atoms with van der Waals surface area (Å²) >= 11 is 1.66. The van der Waals surface area contributed by atoms with Crippen LogP contribution in [-0.4, -0.2) is 12.2 Å². The summed E-state index contributed by atoms with van der Waals surface area (Å²) in [6.45, 7) is 1.93. The normalized spacial score (nSPS) is 11.2. The number of aryl methyl sites for hydroxylation is 1. The first-order chi connectivity index (χ1) is 12.5. The van der Waals surface area contributed by atoms with E-state index in [1.54, 1.807) is 23.9 Å². The Balaban J connectivity index is 1.70. The number of rotatable bonds is 5. The Bertz CT molecular complexity index is 1020. The highest BCUT2D eigenvalue weighted by atomic mass is 32.2. The highest BCUT2D eigenvalue weighted by Crippen LogP contribution is 2.19. The molecule has 0 aliphatic rings. The maximum Gasteiger partial charge on any atom is 0.336 e. The summed E-state index contributed by atoms with van der Waals surface area (Å²) < 4.78 is 10.5. The van der Waals surface area contributed by atoms with E-state index in [1.165, 1.54) is 12.1 Å². The Labute approximate surface area is 155 Å². The van der Waals surface area contributed by atoms with Crippen molar-refractivity contribution in [3.05, 3.63) is 81.7 Å². The Hall–Kier alpha value is -2.79. The van der Waals surface area contributed by atoms with Crippen LogP contribution in [0, 0.1) is 6.92 Å². The van der Waals surface area contributed by atoms with E-state index in [0.29, 0.717) is 11.1 Å². The molecular weight excluding hydrogens is 348 g/mol. The molecule has 0 saturated heterocycles. The largest absolute Gasteiger partial charge is 0.458 e. The third-order valence-electron chi connectivity index (χ3n) is 3.88. The van der Waals surface area contributed by atoms with E-state index in [2.05, 4.69) is 0 Å². The van der Waals surface area contributed by atoms with Crippen LogP contribution in [0.15, 0.2) is 68.7 Å². The van der Waals surface area contributed by atoms with Gasteiger partial charge < -0.3 is 9.15 Å². The number of carbonyl (C=O) groups excluding carboxylic acids is 1. The first-order valence-corrected chi connectivity index (χ1v) is 9.30.